The molecule has 8 nitrogen and oxygen atoms in total. The normalized spacial score (nSPS) is 10.9. The molecule has 180 valence electrons. The fourth-order valence-corrected chi connectivity index (χ4v) is 3.18. The van der Waals surface area contributed by atoms with Gasteiger partial charge in [0.25, 0.3) is 0 Å². The summed E-state index contributed by atoms with van der Waals surface area (Å²) in [5.74, 6) is -2.93. The zero-order valence-corrected chi connectivity index (χ0v) is 20.6. The van der Waals surface area contributed by atoms with E-state index < -0.39 is 23.6 Å². The Kier molecular flexibility index (Phi) is 8.32. The molecule has 2 N–H and O–H groups in total. The predicted molar refractivity (Wildman–Crippen MR) is 132 cm³/mol. The fourth-order valence-electron chi connectivity index (χ4n) is 2.85. The third-order valence-corrected chi connectivity index (χ3v) is 5.28. The summed E-state index contributed by atoms with van der Waals surface area (Å²) in [5, 5.41) is 6.08. The van der Waals surface area contributed by atoms with Crippen LogP contribution in [0.15, 0.2) is 70.2 Å². The van der Waals surface area contributed by atoms with Crippen molar-refractivity contribution in [1.82, 2.24) is 5.43 Å². The van der Waals surface area contributed by atoms with Gasteiger partial charge in [0.05, 0.1) is 24.1 Å². The average molecular weight is 542 g/mol. The van der Waals surface area contributed by atoms with Gasteiger partial charge in [-0.2, -0.15) is 5.10 Å². The number of hydrogen-bond donors (Lipinski definition) is 2. The number of carbonyl (C=O) groups excluding carboxylic acids is 3. The molecule has 0 saturated heterocycles. The molecule has 0 spiro atoms. The molecule has 3 rings (SSSR count). The number of nitrogens with zero attached hydrogens (tertiary/aromatic N) is 1. The Morgan fingerprint density at radius 2 is 1.60 bits per heavy atom. The van der Waals surface area contributed by atoms with Crippen molar-refractivity contribution >= 4 is 45.1 Å². The summed E-state index contributed by atoms with van der Waals surface area (Å²) in [4.78, 5) is 36.5. The SMILES string of the molecule is COc1cc(/C(C)=N/NC(=O)C(=O)Nc2ccc(Br)cc2F)ccc1OC(=O)c1ccc(C)cc1. The maximum Gasteiger partial charge on any atom is 0.343 e. The van der Waals surface area contributed by atoms with E-state index in [1.165, 1.54) is 25.3 Å². The third kappa shape index (κ3) is 6.73. The van der Waals surface area contributed by atoms with E-state index in [-0.39, 0.29) is 17.2 Å². The molecule has 0 aromatic heterocycles. The molecule has 0 aliphatic carbocycles. The lowest BCUT2D eigenvalue weighted by molar-refractivity contribution is -0.136. The number of halogens is 2. The Morgan fingerprint density at radius 3 is 2.26 bits per heavy atom. The number of benzene rings is 3. The predicted octanol–water partition coefficient (Wildman–Crippen LogP) is 4.60. The van der Waals surface area contributed by atoms with E-state index in [1.54, 1.807) is 43.3 Å². The second-order valence-corrected chi connectivity index (χ2v) is 8.25. The number of nitrogens with one attached hydrogen (secondary N) is 2. The highest BCUT2D eigenvalue weighted by atomic mass is 79.9. The molecular weight excluding hydrogens is 521 g/mol. The van der Waals surface area contributed by atoms with Crippen molar-refractivity contribution in [2.45, 2.75) is 13.8 Å². The summed E-state index contributed by atoms with van der Waals surface area (Å²) in [5.41, 5.74) is 4.27. The molecule has 0 saturated carbocycles. The number of ether oxygens (including phenoxy) is 2. The first-order valence-corrected chi connectivity index (χ1v) is 11.0. The highest BCUT2D eigenvalue weighted by Crippen LogP contribution is 2.29. The van der Waals surface area contributed by atoms with Crippen molar-refractivity contribution in [2.75, 3.05) is 12.4 Å². The van der Waals surface area contributed by atoms with Gasteiger partial charge in [0, 0.05) is 10.0 Å². The van der Waals surface area contributed by atoms with Crippen LogP contribution in [0.2, 0.25) is 0 Å². The zero-order chi connectivity index (χ0) is 25.5. The Morgan fingerprint density at radius 1 is 0.914 bits per heavy atom. The second-order valence-electron chi connectivity index (χ2n) is 7.34. The topological polar surface area (TPSA) is 106 Å². The quantitative estimate of drug-likeness (QED) is 0.156. The van der Waals surface area contributed by atoms with Gasteiger partial charge in [-0.3, -0.25) is 9.59 Å². The van der Waals surface area contributed by atoms with Gasteiger partial charge >= 0.3 is 17.8 Å². The van der Waals surface area contributed by atoms with E-state index in [9.17, 15) is 18.8 Å². The summed E-state index contributed by atoms with van der Waals surface area (Å²) in [6.45, 7) is 3.51. The van der Waals surface area contributed by atoms with Crippen LogP contribution < -0.4 is 20.2 Å². The van der Waals surface area contributed by atoms with Crippen molar-refractivity contribution in [3.05, 3.63) is 87.6 Å². The lowest BCUT2D eigenvalue weighted by Gasteiger charge is -2.11. The lowest BCUT2D eigenvalue weighted by Crippen LogP contribution is -2.33. The standard InChI is InChI=1S/C25H21BrFN3O5/c1-14-4-6-16(7-5-14)25(33)35-21-11-8-17(12-22(21)34-3)15(2)29-30-24(32)23(31)28-20-10-9-18(26)13-19(20)27/h4-13H,1-3H3,(H,28,31)(H,30,32)/b29-15+. The molecule has 10 heteroatoms. The Bertz CT molecular complexity index is 1310. The van der Waals surface area contributed by atoms with Crippen molar-refractivity contribution < 1.29 is 28.2 Å². The van der Waals surface area contributed by atoms with Gasteiger partial charge in [-0.05, 0) is 62.4 Å². The highest BCUT2D eigenvalue weighted by Gasteiger charge is 2.17. The molecule has 0 radical (unpaired) electrons. The van der Waals surface area contributed by atoms with Gasteiger partial charge in [0.1, 0.15) is 5.82 Å². The van der Waals surface area contributed by atoms with E-state index in [4.69, 9.17) is 9.47 Å². The molecule has 0 fully saturated rings. The number of hydrogen-bond acceptors (Lipinski definition) is 6. The molecule has 0 bridgehead atoms. The minimum absolute atomic E-state index is 0.144. The van der Waals surface area contributed by atoms with Crippen molar-refractivity contribution in [3.63, 3.8) is 0 Å². The third-order valence-electron chi connectivity index (χ3n) is 4.78. The van der Waals surface area contributed by atoms with Crippen LogP contribution >= 0.6 is 15.9 Å². The van der Waals surface area contributed by atoms with Crippen LogP contribution in [0.5, 0.6) is 11.5 Å². The first-order chi connectivity index (χ1) is 16.7. The fraction of sp³-hybridized carbons (Fsp3) is 0.120. The lowest BCUT2D eigenvalue weighted by atomic mass is 10.1. The number of rotatable bonds is 6. The van der Waals surface area contributed by atoms with Crippen LogP contribution in [-0.4, -0.2) is 30.6 Å². The summed E-state index contributed by atoms with van der Waals surface area (Å²) < 4.78 is 25.1. The summed E-state index contributed by atoms with van der Waals surface area (Å²) in [6, 6.07) is 15.7. The minimum Gasteiger partial charge on any atom is -0.493 e. The Balaban J connectivity index is 1.66. The average Bonchev–Trinajstić information content (AvgIpc) is 2.84. The van der Waals surface area contributed by atoms with Crippen LogP contribution in [0, 0.1) is 12.7 Å². The van der Waals surface area contributed by atoms with Gasteiger partial charge in [0.15, 0.2) is 11.5 Å². The van der Waals surface area contributed by atoms with Gasteiger partial charge in [-0.15, -0.1) is 0 Å². The number of carbonyl (C=O) groups is 3. The number of esters is 1. The zero-order valence-electron chi connectivity index (χ0n) is 19.0. The van der Waals surface area contributed by atoms with E-state index >= 15 is 0 Å². The van der Waals surface area contributed by atoms with E-state index in [0.717, 1.165) is 11.6 Å². The first kappa shape index (κ1) is 25.6. The van der Waals surface area contributed by atoms with E-state index in [0.29, 0.717) is 21.3 Å². The molecular formula is C25H21BrFN3O5. The maximum atomic E-state index is 13.9. The molecule has 0 unspecified atom stereocenters. The summed E-state index contributed by atoms with van der Waals surface area (Å²) >= 11 is 3.11. The van der Waals surface area contributed by atoms with E-state index in [1.807, 2.05) is 6.92 Å². The Hall–Kier alpha value is -4.05. The number of amides is 2. The molecule has 0 atom stereocenters. The van der Waals surface area contributed by atoms with Crippen molar-refractivity contribution in [1.29, 1.82) is 0 Å². The van der Waals surface area contributed by atoms with Crippen molar-refractivity contribution in [3.8, 4) is 11.5 Å². The van der Waals surface area contributed by atoms with Gasteiger partial charge in [0.2, 0.25) is 0 Å². The summed E-state index contributed by atoms with van der Waals surface area (Å²) in [6.07, 6.45) is 0. The van der Waals surface area contributed by atoms with E-state index in [2.05, 4.69) is 31.8 Å². The van der Waals surface area contributed by atoms with Crippen LogP contribution in [0.4, 0.5) is 10.1 Å². The molecule has 0 aliphatic rings. The molecule has 2 amide bonds. The van der Waals surface area contributed by atoms with Gasteiger partial charge < -0.3 is 14.8 Å². The Labute approximate surface area is 209 Å². The highest BCUT2D eigenvalue weighted by molar-refractivity contribution is 9.10. The largest absolute Gasteiger partial charge is 0.493 e. The molecule has 3 aromatic carbocycles. The first-order valence-electron chi connectivity index (χ1n) is 10.3. The minimum atomic E-state index is -1.08. The number of aryl methyl sites for hydroxylation is 1. The van der Waals surface area contributed by atoms with Crippen LogP contribution in [0.1, 0.15) is 28.4 Å². The van der Waals surface area contributed by atoms with Gasteiger partial charge in [-0.1, -0.05) is 33.6 Å². The smallest absolute Gasteiger partial charge is 0.343 e. The summed E-state index contributed by atoms with van der Waals surface area (Å²) in [7, 11) is 1.42. The second kappa shape index (κ2) is 11.4. The molecule has 0 aliphatic heterocycles. The monoisotopic (exact) mass is 541 g/mol. The molecule has 0 heterocycles. The van der Waals surface area contributed by atoms with Crippen molar-refractivity contribution in [2.24, 2.45) is 5.10 Å². The maximum absolute atomic E-state index is 13.9. The van der Waals surface area contributed by atoms with Crippen LogP contribution in [-0.2, 0) is 9.59 Å². The number of hydrazone groups is 1. The van der Waals surface area contributed by atoms with Crippen LogP contribution in [0.25, 0.3) is 0 Å². The van der Waals surface area contributed by atoms with Crippen LogP contribution in [0.3, 0.4) is 0 Å². The number of anilines is 1. The van der Waals surface area contributed by atoms with Gasteiger partial charge in [-0.25, -0.2) is 14.6 Å². The molecule has 35 heavy (non-hydrogen) atoms. The number of methoxy groups -OCH3 is 1. The molecule has 3 aromatic rings.